The summed E-state index contributed by atoms with van der Waals surface area (Å²) in [6, 6.07) is 24.3. The molecule has 1 amide bonds. The van der Waals surface area contributed by atoms with E-state index in [2.05, 4.69) is 15.5 Å². The highest BCUT2D eigenvalue weighted by Gasteiger charge is 2.17. The normalized spacial score (nSPS) is 10.5. The molecule has 8 nitrogen and oxygen atoms in total. The van der Waals surface area contributed by atoms with Gasteiger partial charge in [0, 0.05) is 5.69 Å². The highest BCUT2D eigenvalue weighted by atomic mass is 32.2. The Kier molecular flexibility index (Phi) is 7.67. The van der Waals surface area contributed by atoms with Gasteiger partial charge in [-0.2, -0.15) is 0 Å². The third-order valence-corrected chi connectivity index (χ3v) is 5.78. The van der Waals surface area contributed by atoms with Crippen molar-refractivity contribution in [1.29, 1.82) is 0 Å². The van der Waals surface area contributed by atoms with Crippen molar-refractivity contribution >= 4 is 23.4 Å². The van der Waals surface area contributed by atoms with E-state index in [1.807, 2.05) is 71.3 Å². The van der Waals surface area contributed by atoms with Crippen LogP contribution in [0.2, 0.25) is 0 Å². The zero-order chi connectivity index (χ0) is 23.8. The molecule has 0 spiro atoms. The molecule has 4 rings (SSSR count). The predicted octanol–water partition coefficient (Wildman–Crippen LogP) is 4.59. The number of rotatable bonds is 10. The molecule has 0 radical (unpaired) electrons. The average molecular weight is 477 g/mol. The van der Waals surface area contributed by atoms with Crippen LogP contribution in [0.4, 0.5) is 5.69 Å². The number of amides is 1. The molecule has 4 aromatic rings. The van der Waals surface area contributed by atoms with Crippen LogP contribution in [-0.4, -0.2) is 40.6 Å². The molecule has 0 unspecified atom stereocenters. The van der Waals surface area contributed by atoms with E-state index < -0.39 is 0 Å². The smallest absolute Gasteiger partial charge is 0.234 e. The standard InChI is InChI=1S/C25H24N4O4S/c1-31-19-12-14-20(15-13-19)33-16-23-27-28-25(29(23)18-8-4-3-5-9-18)34-17-24(30)26-21-10-6-7-11-22(21)32-2/h3-15H,16-17H2,1-2H3,(H,26,30). The molecule has 9 heteroatoms. The fourth-order valence-corrected chi connectivity index (χ4v) is 3.98. The lowest BCUT2D eigenvalue weighted by Gasteiger charge is -2.12. The summed E-state index contributed by atoms with van der Waals surface area (Å²) in [6.07, 6.45) is 0. The lowest BCUT2D eigenvalue weighted by Crippen LogP contribution is -2.15. The van der Waals surface area contributed by atoms with E-state index in [9.17, 15) is 4.79 Å². The lowest BCUT2D eigenvalue weighted by molar-refractivity contribution is -0.113. The molecule has 0 bridgehead atoms. The fourth-order valence-electron chi connectivity index (χ4n) is 3.21. The second-order valence-corrected chi connectivity index (χ2v) is 8.01. The molecular weight excluding hydrogens is 452 g/mol. The number of para-hydroxylation sites is 3. The number of anilines is 1. The van der Waals surface area contributed by atoms with Crippen LogP contribution in [0.25, 0.3) is 5.69 Å². The van der Waals surface area contributed by atoms with Gasteiger partial charge in [-0.3, -0.25) is 9.36 Å². The molecule has 1 heterocycles. The third-order valence-electron chi connectivity index (χ3n) is 4.86. The van der Waals surface area contributed by atoms with Gasteiger partial charge in [-0.25, -0.2) is 0 Å². The minimum Gasteiger partial charge on any atom is -0.497 e. The van der Waals surface area contributed by atoms with E-state index >= 15 is 0 Å². The second-order valence-electron chi connectivity index (χ2n) is 7.07. The first-order valence-electron chi connectivity index (χ1n) is 10.5. The molecule has 1 N–H and O–H groups in total. The number of aromatic nitrogens is 3. The molecular formula is C25H24N4O4S. The molecule has 0 saturated heterocycles. The monoisotopic (exact) mass is 476 g/mol. The molecule has 0 aliphatic carbocycles. The fraction of sp³-hybridized carbons (Fsp3) is 0.160. The van der Waals surface area contributed by atoms with Gasteiger partial charge in [-0.1, -0.05) is 42.1 Å². The number of nitrogens with zero attached hydrogens (tertiary/aromatic N) is 3. The van der Waals surface area contributed by atoms with Crippen LogP contribution in [0.1, 0.15) is 5.82 Å². The molecule has 174 valence electrons. The Balaban J connectivity index is 1.48. The summed E-state index contributed by atoms with van der Waals surface area (Å²) >= 11 is 1.29. The first-order valence-corrected chi connectivity index (χ1v) is 11.5. The minimum absolute atomic E-state index is 0.155. The van der Waals surface area contributed by atoms with Crippen LogP contribution in [0.3, 0.4) is 0 Å². The molecule has 0 aliphatic rings. The van der Waals surface area contributed by atoms with Crippen LogP contribution < -0.4 is 19.5 Å². The van der Waals surface area contributed by atoms with Crippen LogP contribution in [0, 0.1) is 0 Å². The van der Waals surface area contributed by atoms with Crippen molar-refractivity contribution in [1.82, 2.24) is 14.8 Å². The molecule has 1 aromatic heterocycles. The van der Waals surface area contributed by atoms with Gasteiger partial charge in [-0.15, -0.1) is 10.2 Å². The zero-order valence-corrected chi connectivity index (χ0v) is 19.6. The lowest BCUT2D eigenvalue weighted by atomic mass is 10.3. The summed E-state index contributed by atoms with van der Waals surface area (Å²) in [5.41, 5.74) is 1.50. The van der Waals surface area contributed by atoms with Crippen LogP contribution in [0.5, 0.6) is 17.2 Å². The van der Waals surface area contributed by atoms with Crippen molar-refractivity contribution < 1.29 is 19.0 Å². The number of carbonyl (C=O) groups is 1. The number of methoxy groups -OCH3 is 2. The zero-order valence-electron chi connectivity index (χ0n) is 18.8. The topological polar surface area (TPSA) is 87.5 Å². The van der Waals surface area contributed by atoms with Crippen molar-refractivity contribution in [3.63, 3.8) is 0 Å². The summed E-state index contributed by atoms with van der Waals surface area (Å²) in [5.74, 6) is 2.65. The number of carbonyl (C=O) groups excluding carboxylic acids is 1. The van der Waals surface area contributed by atoms with Gasteiger partial charge in [0.05, 0.1) is 25.7 Å². The van der Waals surface area contributed by atoms with Gasteiger partial charge >= 0.3 is 0 Å². The largest absolute Gasteiger partial charge is 0.497 e. The van der Waals surface area contributed by atoms with Crippen molar-refractivity contribution in [3.8, 4) is 22.9 Å². The van der Waals surface area contributed by atoms with Gasteiger partial charge in [0.15, 0.2) is 11.0 Å². The Morgan fingerprint density at radius 2 is 1.59 bits per heavy atom. The molecule has 3 aromatic carbocycles. The highest BCUT2D eigenvalue weighted by molar-refractivity contribution is 7.99. The summed E-state index contributed by atoms with van der Waals surface area (Å²) in [6.45, 7) is 0.211. The minimum atomic E-state index is -0.173. The maximum Gasteiger partial charge on any atom is 0.234 e. The number of ether oxygens (including phenoxy) is 3. The molecule has 34 heavy (non-hydrogen) atoms. The Bertz CT molecular complexity index is 1230. The van der Waals surface area contributed by atoms with E-state index in [0.29, 0.717) is 28.2 Å². The van der Waals surface area contributed by atoms with E-state index in [-0.39, 0.29) is 18.3 Å². The van der Waals surface area contributed by atoms with E-state index in [4.69, 9.17) is 14.2 Å². The Morgan fingerprint density at radius 1 is 0.882 bits per heavy atom. The van der Waals surface area contributed by atoms with Gasteiger partial charge in [0.25, 0.3) is 0 Å². The molecule has 0 saturated carbocycles. The molecule has 0 atom stereocenters. The van der Waals surface area contributed by atoms with E-state index in [1.54, 1.807) is 26.4 Å². The highest BCUT2D eigenvalue weighted by Crippen LogP contribution is 2.26. The first kappa shape index (κ1) is 23.2. The summed E-state index contributed by atoms with van der Waals surface area (Å²) in [5, 5.41) is 12.1. The maximum absolute atomic E-state index is 12.6. The van der Waals surface area contributed by atoms with Crippen LogP contribution in [-0.2, 0) is 11.4 Å². The van der Waals surface area contributed by atoms with Crippen LogP contribution in [0.15, 0.2) is 84.0 Å². The van der Waals surface area contributed by atoms with Gasteiger partial charge < -0.3 is 19.5 Å². The van der Waals surface area contributed by atoms with Gasteiger partial charge in [0.2, 0.25) is 5.91 Å². The van der Waals surface area contributed by atoms with Gasteiger partial charge in [-0.05, 0) is 48.5 Å². The number of thioether (sulfide) groups is 1. The van der Waals surface area contributed by atoms with Crippen molar-refractivity contribution in [2.75, 3.05) is 25.3 Å². The molecule has 0 aliphatic heterocycles. The Morgan fingerprint density at radius 3 is 2.32 bits per heavy atom. The maximum atomic E-state index is 12.6. The van der Waals surface area contributed by atoms with Crippen molar-refractivity contribution in [2.24, 2.45) is 0 Å². The molecule has 0 fully saturated rings. The summed E-state index contributed by atoms with van der Waals surface area (Å²) < 4.78 is 18.3. The summed E-state index contributed by atoms with van der Waals surface area (Å²) in [7, 11) is 3.19. The number of benzene rings is 3. The first-order chi connectivity index (χ1) is 16.7. The van der Waals surface area contributed by atoms with Crippen molar-refractivity contribution in [2.45, 2.75) is 11.8 Å². The summed E-state index contributed by atoms with van der Waals surface area (Å²) in [4.78, 5) is 12.6. The SMILES string of the molecule is COc1ccc(OCc2nnc(SCC(=O)Nc3ccccc3OC)n2-c2ccccc2)cc1. The van der Waals surface area contributed by atoms with Crippen molar-refractivity contribution in [3.05, 3.63) is 84.7 Å². The average Bonchev–Trinajstić information content (AvgIpc) is 3.30. The third kappa shape index (κ3) is 5.68. The quantitative estimate of drug-likeness (QED) is 0.335. The Labute approximate surface area is 201 Å². The Hall–Kier alpha value is -3.98. The number of hydrogen-bond acceptors (Lipinski definition) is 7. The predicted molar refractivity (Wildman–Crippen MR) is 131 cm³/mol. The van der Waals surface area contributed by atoms with Crippen LogP contribution >= 0.6 is 11.8 Å². The number of hydrogen-bond donors (Lipinski definition) is 1. The van der Waals surface area contributed by atoms with Gasteiger partial charge in [0.1, 0.15) is 23.9 Å². The van der Waals surface area contributed by atoms with E-state index in [0.717, 1.165) is 11.4 Å². The van der Waals surface area contributed by atoms with E-state index in [1.165, 1.54) is 11.8 Å². The second kappa shape index (κ2) is 11.2. The number of nitrogens with one attached hydrogen (secondary N) is 1.